The summed E-state index contributed by atoms with van der Waals surface area (Å²) in [5.41, 5.74) is 8.91. The summed E-state index contributed by atoms with van der Waals surface area (Å²) in [7, 11) is 0. The molecule has 0 saturated carbocycles. The molecule has 0 bridgehead atoms. The predicted molar refractivity (Wildman–Crippen MR) is 106 cm³/mol. The van der Waals surface area contributed by atoms with E-state index in [1.54, 1.807) is 40.9 Å². The van der Waals surface area contributed by atoms with Crippen molar-refractivity contribution in [3.63, 3.8) is 0 Å². The minimum atomic E-state index is -4.81. The summed E-state index contributed by atoms with van der Waals surface area (Å²) in [5, 5.41) is 13.0. The molecular formula is C21H15F3N4O2. The molecule has 3 N–H and O–H groups in total. The lowest BCUT2D eigenvalue weighted by atomic mass is 10.0. The molecule has 152 valence electrons. The minimum Gasteiger partial charge on any atom is -0.410 e. The molecule has 2 aromatic heterocycles. The molecule has 0 aliphatic heterocycles. The first kappa shape index (κ1) is 19.3. The summed E-state index contributed by atoms with van der Waals surface area (Å²) >= 11 is 0. The number of nitrogens with two attached hydrogens (primary N) is 1. The van der Waals surface area contributed by atoms with Crippen molar-refractivity contribution in [2.75, 3.05) is 5.73 Å². The molecule has 2 heterocycles. The average Bonchev–Trinajstić information content (AvgIpc) is 3.03. The molecule has 0 atom stereocenters. The Bertz CT molecular complexity index is 1230. The van der Waals surface area contributed by atoms with Crippen LogP contribution in [0.3, 0.4) is 0 Å². The van der Waals surface area contributed by atoms with Gasteiger partial charge in [-0.1, -0.05) is 47.6 Å². The molecule has 30 heavy (non-hydrogen) atoms. The van der Waals surface area contributed by atoms with Gasteiger partial charge in [-0.3, -0.25) is 4.40 Å². The summed E-state index contributed by atoms with van der Waals surface area (Å²) in [6, 6.07) is 17.9. The van der Waals surface area contributed by atoms with Crippen molar-refractivity contribution in [2.24, 2.45) is 5.16 Å². The maximum Gasteiger partial charge on any atom is 0.573 e. The number of fused-ring (bicyclic) bond motifs is 1. The van der Waals surface area contributed by atoms with Gasteiger partial charge in [-0.15, -0.1) is 13.2 Å². The standard InChI is InChI=1S/C21H15F3N4O2/c22-21(23,24)30-16-8-4-7-14(11-16)19-20(25)26-17-10-9-15(12-28(17)19)18(27-29)13-5-2-1-3-6-13/h1-12,29H,25H2/b27-18+. The second-order valence-corrected chi connectivity index (χ2v) is 6.38. The third-order valence-electron chi connectivity index (χ3n) is 4.41. The lowest BCUT2D eigenvalue weighted by Gasteiger charge is -2.11. The number of nitrogens with zero attached hydrogens (tertiary/aromatic N) is 3. The van der Waals surface area contributed by atoms with E-state index in [2.05, 4.69) is 14.9 Å². The van der Waals surface area contributed by atoms with Gasteiger partial charge in [0.2, 0.25) is 0 Å². The molecule has 0 fully saturated rings. The molecule has 6 nitrogen and oxygen atoms in total. The van der Waals surface area contributed by atoms with E-state index in [0.29, 0.717) is 33.7 Å². The molecule has 0 unspecified atom stereocenters. The van der Waals surface area contributed by atoms with Gasteiger partial charge in [0, 0.05) is 22.9 Å². The third-order valence-corrected chi connectivity index (χ3v) is 4.41. The quantitative estimate of drug-likeness (QED) is 0.289. The van der Waals surface area contributed by atoms with Crippen molar-refractivity contribution in [1.82, 2.24) is 9.38 Å². The highest BCUT2D eigenvalue weighted by atomic mass is 19.4. The number of hydrogen-bond donors (Lipinski definition) is 2. The van der Waals surface area contributed by atoms with Crippen LogP contribution >= 0.6 is 0 Å². The Balaban J connectivity index is 1.83. The zero-order valence-corrected chi connectivity index (χ0v) is 15.3. The number of alkyl halides is 3. The highest BCUT2D eigenvalue weighted by Crippen LogP contribution is 2.32. The fourth-order valence-corrected chi connectivity index (χ4v) is 3.21. The summed E-state index contributed by atoms with van der Waals surface area (Å²) in [6.45, 7) is 0. The fourth-order valence-electron chi connectivity index (χ4n) is 3.21. The maximum absolute atomic E-state index is 12.6. The van der Waals surface area contributed by atoms with Crippen molar-refractivity contribution < 1.29 is 23.1 Å². The third kappa shape index (κ3) is 3.77. The summed E-state index contributed by atoms with van der Waals surface area (Å²) in [5.74, 6) is -0.231. The van der Waals surface area contributed by atoms with Gasteiger partial charge in [0.15, 0.2) is 5.82 Å². The number of halogens is 3. The van der Waals surface area contributed by atoms with Crippen LogP contribution in [-0.2, 0) is 0 Å². The first-order valence-electron chi connectivity index (χ1n) is 8.77. The van der Waals surface area contributed by atoms with Gasteiger partial charge in [-0.2, -0.15) is 0 Å². The van der Waals surface area contributed by atoms with Gasteiger partial charge in [-0.05, 0) is 24.3 Å². The van der Waals surface area contributed by atoms with Gasteiger partial charge in [0.05, 0.1) is 5.69 Å². The monoisotopic (exact) mass is 412 g/mol. The smallest absolute Gasteiger partial charge is 0.410 e. The second-order valence-electron chi connectivity index (χ2n) is 6.38. The van der Waals surface area contributed by atoms with E-state index < -0.39 is 6.36 Å². The van der Waals surface area contributed by atoms with Crippen LogP contribution in [0.15, 0.2) is 78.1 Å². The van der Waals surface area contributed by atoms with Crippen molar-refractivity contribution in [3.05, 3.63) is 84.1 Å². The summed E-state index contributed by atoms with van der Waals surface area (Å²) in [4.78, 5) is 4.27. The molecule has 0 spiro atoms. The SMILES string of the molecule is Nc1nc2ccc(/C(=N/O)c3ccccc3)cn2c1-c1cccc(OC(F)(F)F)c1. The van der Waals surface area contributed by atoms with Gasteiger partial charge < -0.3 is 15.7 Å². The second kappa shape index (κ2) is 7.43. The Hall–Kier alpha value is -4.01. The van der Waals surface area contributed by atoms with E-state index in [1.807, 2.05) is 18.2 Å². The number of anilines is 1. The van der Waals surface area contributed by atoms with Gasteiger partial charge in [-0.25, -0.2) is 4.98 Å². The number of pyridine rings is 1. The minimum absolute atomic E-state index is 0.138. The Kier molecular flexibility index (Phi) is 4.78. The number of benzene rings is 2. The topological polar surface area (TPSA) is 85.1 Å². The lowest BCUT2D eigenvalue weighted by molar-refractivity contribution is -0.274. The number of aromatic nitrogens is 2. The summed E-state index contributed by atoms with van der Waals surface area (Å²) < 4.78 is 43.4. The van der Waals surface area contributed by atoms with Crippen LogP contribution < -0.4 is 10.5 Å². The van der Waals surface area contributed by atoms with Gasteiger partial charge >= 0.3 is 6.36 Å². The number of nitrogen functional groups attached to an aromatic ring is 1. The van der Waals surface area contributed by atoms with Gasteiger partial charge in [0.1, 0.15) is 17.1 Å². The normalized spacial score (nSPS) is 12.3. The van der Waals surface area contributed by atoms with E-state index in [4.69, 9.17) is 5.73 Å². The average molecular weight is 412 g/mol. The van der Waals surface area contributed by atoms with Crippen LogP contribution in [0, 0.1) is 0 Å². The van der Waals surface area contributed by atoms with E-state index in [-0.39, 0.29) is 11.6 Å². The highest BCUT2D eigenvalue weighted by molar-refractivity contribution is 6.12. The van der Waals surface area contributed by atoms with Crippen LogP contribution in [0.2, 0.25) is 0 Å². The van der Waals surface area contributed by atoms with E-state index in [0.717, 1.165) is 0 Å². The molecule has 0 aliphatic carbocycles. The lowest BCUT2D eigenvalue weighted by Crippen LogP contribution is -2.17. The van der Waals surface area contributed by atoms with Crippen LogP contribution in [0.1, 0.15) is 11.1 Å². The van der Waals surface area contributed by atoms with Crippen LogP contribution in [-0.4, -0.2) is 26.7 Å². The Labute approximate surface area is 168 Å². The highest BCUT2D eigenvalue weighted by Gasteiger charge is 2.31. The molecule has 2 aromatic carbocycles. The Morgan fingerprint density at radius 2 is 1.77 bits per heavy atom. The molecule has 9 heteroatoms. The molecule has 0 saturated heterocycles. The number of rotatable bonds is 4. The van der Waals surface area contributed by atoms with Crippen molar-refractivity contribution in [1.29, 1.82) is 0 Å². The Morgan fingerprint density at radius 3 is 2.47 bits per heavy atom. The number of imidazole rings is 1. The van der Waals surface area contributed by atoms with E-state index in [9.17, 15) is 18.4 Å². The zero-order chi connectivity index (χ0) is 21.3. The molecule has 4 aromatic rings. The van der Waals surface area contributed by atoms with Crippen molar-refractivity contribution in [3.8, 4) is 17.0 Å². The zero-order valence-electron chi connectivity index (χ0n) is 15.3. The van der Waals surface area contributed by atoms with Crippen LogP contribution in [0.5, 0.6) is 5.75 Å². The molecular weight excluding hydrogens is 397 g/mol. The molecule has 0 radical (unpaired) electrons. The van der Waals surface area contributed by atoms with E-state index >= 15 is 0 Å². The molecule has 4 rings (SSSR count). The largest absolute Gasteiger partial charge is 0.573 e. The van der Waals surface area contributed by atoms with Crippen molar-refractivity contribution in [2.45, 2.75) is 6.36 Å². The van der Waals surface area contributed by atoms with Crippen molar-refractivity contribution >= 4 is 17.2 Å². The molecule has 0 aliphatic rings. The number of oxime groups is 1. The summed E-state index contributed by atoms with van der Waals surface area (Å²) in [6.07, 6.45) is -3.15. The van der Waals surface area contributed by atoms with Gasteiger partial charge in [0.25, 0.3) is 0 Å². The Morgan fingerprint density at radius 1 is 1.00 bits per heavy atom. The maximum atomic E-state index is 12.6. The number of ether oxygens (including phenoxy) is 1. The van der Waals surface area contributed by atoms with Crippen LogP contribution in [0.25, 0.3) is 16.9 Å². The predicted octanol–water partition coefficient (Wildman–Crippen LogP) is 4.71. The fraction of sp³-hybridized carbons (Fsp3) is 0.0476. The number of hydrogen-bond acceptors (Lipinski definition) is 5. The van der Waals surface area contributed by atoms with E-state index in [1.165, 1.54) is 18.2 Å². The van der Waals surface area contributed by atoms with Crippen LogP contribution in [0.4, 0.5) is 19.0 Å². The molecule has 0 amide bonds. The first-order chi connectivity index (χ1) is 14.4. The first-order valence-corrected chi connectivity index (χ1v) is 8.77.